The lowest BCUT2D eigenvalue weighted by molar-refractivity contribution is -0.137. The molecule has 0 aliphatic carbocycles. The number of anilines is 1. The average molecular weight is 409 g/mol. The molecule has 1 atom stereocenters. The summed E-state index contributed by atoms with van der Waals surface area (Å²) in [7, 11) is 0. The number of amides is 1. The zero-order valence-corrected chi connectivity index (χ0v) is 15.3. The highest BCUT2D eigenvalue weighted by Crippen LogP contribution is 2.33. The Morgan fingerprint density at radius 2 is 1.86 bits per heavy atom. The predicted octanol–water partition coefficient (Wildman–Crippen LogP) is 4.28. The molecule has 4 nitrogen and oxygen atoms in total. The van der Waals surface area contributed by atoms with E-state index in [1.807, 2.05) is 0 Å². The summed E-state index contributed by atoms with van der Waals surface area (Å²) in [5, 5.41) is 8.37. The number of alkyl halides is 3. The number of allylic oxidation sites excluding steroid dienone is 1. The third kappa shape index (κ3) is 4.30. The molecule has 1 aliphatic rings. The predicted molar refractivity (Wildman–Crippen MR) is 101 cm³/mol. The maximum atomic E-state index is 13.4. The van der Waals surface area contributed by atoms with E-state index in [0.717, 1.165) is 18.2 Å². The summed E-state index contributed by atoms with van der Waals surface area (Å²) in [6, 6.07) is 9.07. The molecule has 0 bridgehead atoms. The first-order chi connectivity index (χ1) is 13.1. The number of nitrogens with one attached hydrogen (secondary N) is 3. The van der Waals surface area contributed by atoms with Gasteiger partial charge in [-0.05, 0) is 55.0 Å². The Hall–Kier alpha value is -2.94. The van der Waals surface area contributed by atoms with Crippen molar-refractivity contribution in [3.63, 3.8) is 0 Å². The van der Waals surface area contributed by atoms with Gasteiger partial charge in [0.15, 0.2) is 5.11 Å². The van der Waals surface area contributed by atoms with Crippen molar-refractivity contribution in [1.82, 2.24) is 10.6 Å². The second-order valence-corrected chi connectivity index (χ2v) is 6.57. The first kappa shape index (κ1) is 19.8. The molecule has 0 spiro atoms. The molecule has 3 rings (SSSR count). The van der Waals surface area contributed by atoms with Gasteiger partial charge in [0.1, 0.15) is 5.82 Å². The van der Waals surface area contributed by atoms with Crippen LogP contribution in [-0.4, -0.2) is 11.0 Å². The number of hydrogen-bond donors (Lipinski definition) is 3. The van der Waals surface area contributed by atoms with Gasteiger partial charge in [0.05, 0.1) is 17.2 Å². The number of thiocarbonyl (C=S) groups is 1. The van der Waals surface area contributed by atoms with E-state index >= 15 is 0 Å². The normalized spacial score (nSPS) is 17.0. The molecule has 3 N–H and O–H groups in total. The van der Waals surface area contributed by atoms with Crippen LogP contribution in [0.4, 0.5) is 23.2 Å². The second-order valence-electron chi connectivity index (χ2n) is 6.16. The van der Waals surface area contributed by atoms with E-state index in [0.29, 0.717) is 5.70 Å². The summed E-state index contributed by atoms with van der Waals surface area (Å²) in [5.74, 6) is -1.12. The molecule has 1 heterocycles. The smallest absolute Gasteiger partial charge is 0.351 e. The zero-order chi connectivity index (χ0) is 20.5. The van der Waals surface area contributed by atoms with Gasteiger partial charge in [0, 0.05) is 11.4 Å². The molecular formula is C19H15F4N3OS. The third-order valence-electron chi connectivity index (χ3n) is 4.14. The van der Waals surface area contributed by atoms with Gasteiger partial charge < -0.3 is 16.0 Å². The van der Waals surface area contributed by atoms with Gasteiger partial charge in [0.2, 0.25) is 0 Å². The summed E-state index contributed by atoms with van der Waals surface area (Å²) in [5.41, 5.74) is 0.153. The van der Waals surface area contributed by atoms with Crippen molar-refractivity contribution in [3.05, 3.63) is 76.7 Å². The highest BCUT2D eigenvalue weighted by molar-refractivity contribution is 7.80. The van der Waals surface area contributed by atoms with E-state index < -0.39 is 29.5 Å². The van der Waals surface area contributed by atoms with E-state index in [-0.39, 0.29) is 21.9 Å². The lowest BCUT2D eigenvalue weighted by Crippen LogP contribution is -2.45. The van der Waals surface area contributed by atoms with Crippen LogP contribution >= 0.6 is 12.2 Å². The van der Waals surface area contributed by atoms with Crippen molar-refractivity contribution in [3.8, 4) is 0 Å². The summed E-state index contributed by atoms with van der Waals surface area (Å²) in [6.07, 6.45) is -4.52. The minimum Gasteiger partial charge on any atom is -0.351 e. The van der Waals surface area contributed by atoms with Crippen LogP contribution in [0.3, 0.4) is 0 Å². The second kappa shape index (κ2) is 7.59. The summed E-state index contributed by atoms with van der Waals surface area (Å²) < 4.78 is 52.6. The molecule has 9 heteroatoms. The number of rotatable bonds is 3. The Morgan fingerprint density at radius 3 is 2.54 bits per heavy atom. The van der Waals surface area contributed by atoms with E-state index in [2.05, 4.69) is 16.0 Å². The summed E-state index contributed by atoms with van der Waals surface area (Å²) in [4.78, 5) is 12.8. The number of benzene rings is 2. The van der Waals surface area contributed by atoms with Gasteiger partial charge in [-0.2, -0.15) is 13.2 Å². The van der Waals surface area contributed by atoms with Crippen molar-refractivity contribution in [2.45, 2.75) is 19.1 Å². The molecule has 0 saturated carbocycles. The van der Waals surface area contributed by atoms with Crippen LogP contribution in [0, 0.1) is 5.82 Å². The molecule has 28 heavy (non-hydrogen) atoms. The average Bonchev–Trinajstić information content (AvgIpc) is 2.60. The molecule has 1 amide bonds. The first-order valence-electron chi connectivity index (χ1n) is 8.17. The largest absolute Gasteiger partial charge is 0.416 e. The quantitative estimate of drug-likeness (QED) is 0.523. The molecule has 0 fully saturated rings. The van der Waals surface area contributed by atoms with Gasteiger partial charge in [-0.15, -0.1) is 0 Å². The molecule has 2 aromatic rings. The van der Waals surface area contributed by atoms with Crippen molar-refractivity contribution >= 4 is 28.9 Å². The Kier molecular flexibility index (Phi) is 5.37. The highest BCUT2D eigenvalue weighted by atomic mass is 32.1. The van der Waals surface area contributed by atoms with E-state index in [1.165, 1.54) is 30.3 Å². The maximum absolute atomic E-state index is 13.4. The van der Waals surface area contributed by atoms with Crippen LogP contribution in [0.15, 0.2) is 59.8 Å². The van der Waals surface area contributed by atoms with Crippen molar-refractivity contribution in [2.75, 3.05) is 5.32 Å². The van der Waals surface area contributed by atoms with Crippen molar-refractivity contribution in [1.29, 1.82) is 0 Å². The topological polar surface area (TPSA) is 53.2 Å². The van der Waals surface area contributed by atoms with Crippen LogP contribution in [0.5, 0.6) is 0 Å². The number of carbonyl (C=O) groups excluding carboxylic acids is 1. The highest BCUT2D eigenvalue weighted by Gasteiger charge is 2.34. The molecular weight excluding hydrogens is 394 g/mol. The number of hydrogen-bond acceptors (Lipinski definition) is 2. The Labute approximate surface area is 163 Å². The standard InChI is InChI=1S/C19H15F4N3OS/c1-10-15(17(27)25-14-7-3-6-13(20)9-14)16(26-18(28)24-10)11-4-2-5-12(8-11)19(21,22)23/h2-9,16H,1H3,(H,25,27)(H2,24,26,28). The molecule has 0 radical (unpaired) electrons. The molecule has 146 valence electrons. The van der Waals surface area contributed by atoms with Crippen LogP contribution < -0.4 is 16.0 Å². The minimum atomic E-state index is -4.52. The molecule has 1 aliphatic heterocycles. The maximum Gasteiger partial charge on any atom is 0.416 e. The van der Waals surface area contributed by atoms with Gasteiger partial charge in [-0.1, -0.05) is 18.2 Å². The number of halogens is 4. The SMILES string of the molecule is CC1=C(C(=O)Nc2cccc(F)c2)C(c2cccc(C(F)(F)F)c2)NC(=S)N1. The van der Waals surface area contributed by atoms with E-state index in [9.17, 15) is 22.4 Å². The Bertz CT molecular complexity index is 972. The van der Waals surface area contributed by atoms with Crippen LogP contribution in [0.2, 0.25) is 0 Å². The van der Waals surface area contributed by atoms with E-state index in [1.54, 1.807) is 6.92 Å². The molecule has 0 aromatic heterocycles. The van der Waals surface area contributed by atoms with Crippen LogP contribution in [0.1, 0.15) is 24.1 Å². The first-order valence-corrected chi connectivity index (χ1v) is 8.58. The lowest BCUT2D eigenvalue weighted by atomic mass is 9.93. The monoisotopic (exact) mass is 409 g/mol. The van der Waals surface area contributed by atoms with E-state index in [4.69, 9.17) is 12.2 Å². The molecule has 0 saturated heterocycles. The lowest BCUT2D eigenvalue weighted by Gasteiger charge is -2.30. The van der Waals surface area contributed by atoms with Gasteiger partial charge in [-0.3, -0.25) is 4.79 Å². The van der Waals surface area contributed by atoms with Crippen molar-refractivity contribution in [2.24, 2.45) is 0 Å². The molecule has 1 unspecified atom stereocenters. The molecule has 2 aromatic carbocycles. The van der Waals surface area contributed by atoms with Gasteiger partial charge >= 0.3 is 6.18 Å². The fourth-order valence-electron chi connectivity index (χ4n) is 2.90. The fraction of sp³-hybridized carbons (Fsp3) is 0.158. The fourth-order valence-corrected chi connectivity index (χ4v) is 3.18. The van der Waals surface area contributed by atoms with Gasteiger partial charge in [0.25, 0.3) is 5.91 Å². The van der Waals surface area contributed by atoms with Crippen LogP contribution in [0.25, 0.3) is 0 Å². The minimum absolute atomic E-state index is 0.150. The zero-order valence-electron chi connectivity index (χ0n) is 14.5. The Balaban J connectivity index is 1.98. The third-order valence-corrected chi connectivity index (χ3v) is 4.36. The summed E-state index contributed by atoms with van der Waals surface area (Å²) in [6.45, 7) is 1.59. The van der Waals surface area contributed by atoms with Crippen molar-refractivity contribution < 1.29 is 22.4 Å². The van der Waals surface area contributed by atoms with Crippen LogP contribution in [-0.2, 0) is 11.0 Å². The van der Waals surface area contributed by atoms with Gasteiger partial charge in [-0.25, -0.2) is 4.39 Å². The summed E-state index contributed by atoms with van der Waals surface area (Å²) >= 11 is 5.09. The number of carbonyl (C=O) groups is 1. The Morgan fingerprint density at radius 1 is 1.14 bits per heavy atom.